The molecule has 0 aromatic heterocycles. The maximum absolute atomic E-state index is 8.97. The number of unbranched alkanes of at least 4 members (excludes halogenated alkanes) is 8. The number of halogens is 1. The molecular formula is C18H40ClNO. The molecule has 0 aliphatic heterocycles. The maximum atomic E-state index is 8.97. The van der Waals surface area contributed by atoms with Gasteiger partial charge in [0, 0.05) is 6.61 Å². The second-order valence-electron chi connectivity index (χ2n) is 6.70. The SMILES string of the molecule is CCCCCCCC[N+](C)(CCCCC)CCCCO.[Cl-]. The topological polar surface area (TPSA) is 20.2 Å². The van der Waals surface area contributed by atoms with Crippen LogP contribution in [0, 0.1) is 0 Å². The Morgan fingerprint density at radius 2 is 1.00 bits per heavy atom. The first-order valence-electron chi connectivity index (χ1n) is 9.13. The normalized spacial score (nSPS) is 13.7. The van der Waals surface area contributed by atoms with Crippen molar-refractivity contribution in [3.05, 3.63) is 0 Å². The van der Waals surface area contributed by atoms with Crippen LogP contribution < -0.4 is 12.4 Å². The van der Waals surface area contributed by atoms with Crippen molar-refractivity contribution < 1.29 is 22.0 Å². The summed E-state index contributed by atoms with van der Waals surface area (Å²) in [6.07, 6.45) is 14.5. The van der Waals surface area contributed by atoms with Crippen LogP contribution in [0.25, 0.3) is 0 Å². The van der Waals surface area contributed by atoms with Gasteiger partial charge in [-0.2, -0.15) is 0 Å². The van der Waals surface area contributed by atoms with Crippen LogP contribution in [0.4, 0.5) is 0 Å². The maximum Gasteiger partial charge on any atom is 0.0785 e. The number of hydrogen-bond donors (Lipinski definition) is 1. The first-order valence-corrected chi connectivity index (χ1v) is 9.13. The summed E-state index contributed by atoms with van der Waals surface area (Å²) in [5.41, 5.74) is 0. The number of rotatable bonds is 15. The van der Waals surface area contributed by atoms with E-state index in [1.165, 1.54) is 88.3 Å². The van der Waals surface area contributed by atoms with Crippen molar-refractivity contribution in [2.45, 2.75) is 84.5 Å². The molecule has 0 amide bonds. The van der Waals surface area contributed by atoms with E-state index in [1.807, 2.05) is 0 Å². The highest BCUT2D eigenvalue weighted by molar-refractivity contribution is 4.48. The van der Waals surface area contributed by atoms with E-state index in [4.69, 9.17) is 5.11 Å². The van der Waals surface area contributed by atoms with E-state index in [0.29, 0.717) is 6.61 Å². The first-order chi connectivity index (χ1) is 9.68. The van der Waals surface area contributed by atoms with Gasteiger partial charge in [0.05, 0.1) is 26.7 Å². The van der Waals surface area contributed by atoms with Gasteiger partial charge < -0.3 is 22.0 Å². The molecule has 1 unspecified atom stereocenters. The highest BCUT2D eigenvalue weighted by Gasteiger charge is 2.19. The number of aliphatic hydroxyl groups is 1. The molecule has 0 aromatic rings. The number of aliphatic hydroxyl groups excluding tert-OH is 1. The van der Waals surface area contributed by atoms with Crippen LogP contribution in [0.5, 0.6) is 0 Å². The van der Waals surface area contributed by atoms with E-state index >= 15 is 0 Å². The summed E-state index contributed by atoms with van der Waals surface area (Å²) in [7, 11) is 2.43. The van der Waals surface area contributed by atoms with E-state index in [0.717, 1.165) is 6.42 Å². The average Bonchev–Trinajstić information content (AvgIpc) is 2.43. The van der Waals surface area contributed by atoms with Crippen LogP contribution >= 0.6 is 0 Å². The predicted molar refractivity (Wildman–Crippen MR) is 90.0 cm³/mol. The van der Waals surface area contributed by atoms with Crippen LogP contribution in [0.2, 0.25) is 0 Å². The molecule has 1 atom stereocenters. The Kier molecular flexibility index (Phi) is 18.5. The first kappa shape index (κ1) is 23.5. The average molecular weight is 322 g/mol. The molecule has 21 heavy (non-hydrogen) atoms. The fourth-order valence-corrected chi connectivity index (χ4v) is 2.96. The molecule has 3 heteroatoms. The number of quaternary nitrogens is 1. The summed E-state index contributed by atoms with van der Waals surface area (Å²) in [5.74, 6) is 0. The second kappa shape index (κ2) is 16.6. The van der Waals surface area contributed by atoms with Crippen LogP contribution in [-0.2, 0) is 0 Å². The standard InChI is InChI=1S/C18H40NO.ClH/c1-4-6-8-9-10-12-16-19(3,15-11-7-5-2)17-13-14-18-20;/h20H,4-18H2,1-3H3;1H/q+1;/p-1. The lowest BCUT2D eigenvalue weighted by Gasteiger charge is -2.35. The van der Waals surface area contributed by atoms with E-state index in [1.54, 1.807) is 0 Å². The van der Waals surface area contributed by atoms with Crippen molar-refractivity contribution in [3.63, 3.8) is 0 Å². The molecule has 0 aromatic carbocycles. The molecule has 0 bridgehead atoms. The summed E-state index contributed by atoms with van der Waals surface area (Å²) in [6.45, 7) is 8.83. The van der Waals surface area contributed by atoms with Gasteiger partial charge in [0.25, 0.3) is 0 Å². The Balaban J connectivity index is 0. The van der Waals surface area contributed by atoms with Crippen LogP contribution in [-0.4, -0.2) is 42.9 Å². The molecule has 0 fully saturated rings. The minimum atomic E-state index is 0. The van der Waals surface area contributed by atoms with Gasteiger partial charge in [0.15, 0.2) is 0 Å². The zero-order chi connectivity index (χ0) is 15.1. The largest absolute Gasteiger partial charge is 1.00 e. The Morgan fingerprint density at radius 1 is 0.619 bits per heavy atom. The fraction of sp³-hybridized carbons (Fsp3) is 1.00. The summed E-state index contributed by atoms with van der Waals surface area (Å²) in [4.78, 5) is 0. The zero-order valence-electron chi connectivity index (χ0n) is 14.9. The Morgan fingerprint density at radius 3 is 1.52 bits per heavy atom. The minimum absolute atomic E-state index is 0. The summed E-state index contributed by atoms with van der Waals surface area (Å²) in [5, 5.41) is 8.97. The minimum Gasteiger partial charge on any atom is -1.00 e. The number of nitrogens with zero attached hydrogens (tertiary/aromatic N) is 1. The molecule has 0 rings (SSSR count). The van der Waals surface area contributed by atoms with Crippen molar-refractivity contribution in [2.75, 3.05) is 33.3 Å². The third-order valence-corrected chi connectivity index (χ3v) is 4.46. The molecule has 0 spiro atoms. The predicted octanol–water partition coefficient (Wildman–Crippen LogP) is 1.76. The van der Waals surface area contributed by atoms with Gasteiger partial charge >= 0.3 is 0 Å². The number of hydrogen-bond acceptors (Lipinski definition) is 1. The lowest BCUT2D eigenvalue weighted by atomic mass is 10.1. The molecule has 0 aliphatic carbocycles. The monoisotopic (exact) mass is 321 g/mol. The quantitative estimate of drug-likeness (QED) is 0.360. The van der Waals surface area contributed by atoms with Gasteiger partial charge in [-0.05, 0) is 38.5 Å². The molecule has 0 saturated carbocycles. The molecule has 130 valence electrons. The van der Waals surface area contributed by atoms with E-state index in [-0.39, 0.29) is 12.4 Å². The highest BCUT2D eigenvalue weighted by Crippen LogP contribution is 2.13. The lowest BCUT2D eigenvalue weighted by molar-refractivity contribution is -0.910. The highest BCUT2D eigenvalue weighted by atomic mass is 35.5. The summed E-state index contributed by atoms with van der Waals surface area (Å²) >= 11 is 0. The Labute approximate surface area is 140 Å². The van der Waals surface area contributed by atoms with Crippen LogP contribution in [0.1, 0.15) is 84.5 Å². The smallest absolute Gasteiger partial charge is 0.0785 e. The van der Waals surface area contributed by atoms with Crippen LogP contribution in [0.15, 0.2) is 0 Å². The van der Waals surface area contributed by atoms with Gasteiger partial charge in [0.1, 0.15) is 0 Å². The van der Waals surface area contributed by atoms with Gasteiger partial charge in [-0.15, -0.1) is 0 Å². The second-order valence-corrected chi connectivity index (χ2v) is 6.70. The van der Waals surface area contributed by atoms with Gasteiger partial charge in [-0.25, -0.2) is 0 Å². The Hall–Kier alpha value is 0.210. The van der Waals surface area contributed by atoms with Crippen molar-refractivity contribution in [1.82, 2.24) is 0 Å². The molecule has 2 nitrogen and oxygen atoms in total. The zero-order valence-corrected chi connectivity index (χ0v) is 15.6. The van der Waals surface area contributed by atoms with Crippen molar-refractivity contribution in [3.8, 4) is 0 Å². The summed E-state index contributed by atoms with van der Waals surface area (Å²) in [6, 6.07) is 0. The summed E-state index contributed by atoms with van der Waals surface area (Å²) < 4.78 is 1.23. The molecule has 0 aliphatic rings. The van der Waals surface area contributed by atoms with Crippen molar-refractivity contribution >= 4 is 0 Å². The molecule has 1 N–H and O–H groups in total. The van der Waals surface area contributed by atoms with E-state index in [9.17, 15) is 0 Å². The molecule has 0 radical (unpaired) electrons. The molecule has 0 heterocycles. The van der Waals surface area contributed by atoms with Crippen LogP contribution in [0.3, 0.4) is 0 Å². The van der Waals surface area contributed by atoms with E-state index < -0.39 is 0 Å². The van der Waals surface area contributed by atoms with Gasteiger partial charge in [0.2, 0.25) is 0 Å². The van der Waals surface area contributed by atoms with Gasteiger partial charge in [-0.1, -0.05) is 46.0 Å². The molecule has 0 saturated heterocycles. The van der Waals surface area contributed by atoms with Crippen molar-refractivity contribution in [1.29, 1.82) is 0 Å². The van der Waals surface area contributed by atoms with Gasteiger partial charge in [-0.3, -0.25) is 0 Å². The Bertz CT molecular complexity index is 190. The third kappa shape index (κ3) is 14.9. The van der Waals surface area contributed by atoms with Crippen molar-refractivity contribution in [2.24, 2.45) is 0 Å². The molecular weight excluding hydrogens is 282 g/mol. The fourth-order valence-electron chi connectivity index (χ4n) is 2.96. The lowest BCUT2D eigenvalue weighted by Crippen LogP contribution is -3.00. The third-order valence-electron chi connectivity index (χ3n) is 4.46. The van der Waals surface area contributed by atoms with E-state index in [2.05, 4.69) is 20.9 Å².